The maximum atomic E-state index is 14.3. The first kappa shape index (κ1) is 16.2. The molecule has 1 atom stereocenters. The van der Waals surface area contributed by atoms with E-state index in [1.165, 1.54) is 6.07 Å². The highest BCUT2D eigenvalue weighted by atomic mass is 19.1. The van der Waals surface area contributed by atoms with Gasteiger partial charge >= 0.3 is 6.03 Å². The smallest absolute Gasteiger partial charge is 0.320 e. The quantitative estimate of drug-likeness (QED) is 0.810. The molecule has 3 nitrogen and oxygen atoms in total. The molecular weight excluding hydrogens is 303 g/mol. The number of hydrogen-bond donors (Lipinski definition) is 0. The van der Waals surface area contributed by atoms with Crippen molar-refractivity contribution in [1.29, 1.82) is 0 Å². The third kappa shape index (κ3) is 3.04. The van der Waals surface area contributed by atoms with Crippen molar-refractivity contribution in [2.75, 3.05) is 20.6 Å². The first-order valence-corrected chi connectivity index (χ1v) is 7.97. The van der Waals surface area contributed by atoms with Gasteiger partial charge in [0.1, 0.15) is 5.82 Å². The number of carbonyl (C=O) groups is 1. The third-order valence-corrected chi connectivity index (χ3v) is 4.27. The largest absolute Gasteiger partial charge is 0.331 e. The SMILES string of the molecule is Cc1ccc(F)c(C2=CC(c3ccccc3)N(C(=O)N(C)C)C2)c1. The van der Waals surface area contributed by atoms with Gasteiger partial charge in [0, 0.05) is 26.2 Å². The summed E-state index contributed by atoms with van der Waals surface area (Å²) in [5, 5.41) is 0. The van der Waals surface area contributed by atoms with Gasteiger partial charge in [-0.1, -0.05) is 48.0 Å². The van der Waals surface area contributed by atoms with Gasteiger partial charge in [0.25, 0.3) is 0 Å². The second kappa shape index (κ2) is 6.48. The number of aryl methyl sites for hydroxylation is 1. The van der Waals surface area contributed by atoms with E-state index >= 15 is 0 Å². The topological polar surface area (TPSA) is 23.6 Å². The molecular formula is C20H21FN2O. The number of hydrogen-bond acceptors (Lipinski definition) is 1. The Morgan fingerprint density at radius 2 is 1.88 bits per heavy atom. The van der Waals surface area contributed by atoms with Crippen LogP contribution in [0.1, 0.15) is 22.7 Å². The van der Waals surface area contributed by atoms with Gasteiger partial charge < -0.3 is 9.80 Å². The molecule has 0 aromatic heterocycles. The molecule has 124 valence electrons. The zero-order chi connectivity index (χ0) is 17.3. The predicted octanol–water partition coefficient (Wildman–Crippen LogP) is 4.26. The van der Waals surface area contributed by atoms with Gasteiger partial charge in [0.05, 0.1) is 6.04 Å². The van der Waals surface area contributed by atoms with Crippen molar-refractivity contribution in [3.8, 4) is 0 Å². The number of nitrogens with zero attached hydrogens (tertiary/aromatic N) is 2. The molecule has 1 aliphatic rings. The third-order valence-electron chi connectivity index (χ3n) is 4.27. The Kier molecular flexibility index (Phi) is 4.38. The summed E-state index contributed by atoms with van der Waals surface area (Å²) in [6.07, 6.45) is 1.99. The van der Waals surface area contributed by atoms with Crippen molar-refractivity contribution >= 4 is 11.6 Å². The lowest BCUT2D eigenvalue weighted by Gasteiger charge is -2.28. The maximum Gasteiger partial charge on any atom is 0.320 e. The summed E-state index contributed by atoms with van der Waals surface area (Å²) in [6, 6.07) is 14.7. The Balaban J connectivity index is 2.03. The van der Waals surface area contributed by atoms with Crippen LogP contribution >= 0.6 is 0 Å². The van der Waals surface area contributed by atoms with Gasteiger partial charge in [-0.05, 0) is 30.2 Å². The van der Waals surface area contributed by atoms with Gasteiger partial charge in [-0.2, -0.15) is 0 Å². The lowest BCUT2D eigenvalue weighted by molar-refractivity contribution is 0.170. The Bertz CT molecular complexity index is 783. The van der Waals surface area contributed by atoms with Gasteiger partial charge in [-0.25, -0.2) is 9.18 Å². The number of urea groups is 1. The second-order valence-electron chi connectivity index (χ2n) is 6.34. The van der Waals surface area contributed by atoms with E-state index in [-0.39, 0.29) is 17.9 Å². The van der Waals surface area contributed by atoms with Crippen LogP contribution in [-0.2, 0) is 0 Å². The Morgan fingerprint density at radius 1 is 1.17 bits per heavy atom. The number of carbonyl (C=O) groups excluding carboxylic acids is 1. The van der Waals surface area contributed by atoms with Crippen molar-refractivity contribution in [1.82, 2.24) is 9.80 Å². The van der Waals surface area contributed by atoms with Crippen molar-refractivity contribution in [3.05, 3.63) is 77.1 Å². The summed E-state index contributed by atoms with van der Waals surface area (Å²) in [5.74, 6) is -0.252. The van der Waals surface area contributed by atoms with Crippen molar-refractivity contribution in [2.45, 2.75) is 13.0 Å². The van der Waals surface area contributed by atoms with E-state index in [0.29, 0.717) is 12.1 Å². The standard InChI is InChI=1S/C20H21FN2O/c1-14-9-10-18(21)17(11-14)16-12-19(15-7-5-4-6-8-15)23(13-16)20(24)22(2)3/h4-12,19H,13H2,1-3H3. The van der Waals surface area contributed by atoms with E-state index in [9.17, 15) is 9.18 Å². The maximum absolute atomic E-state index is 14.3. The van der Waals surface area contributed by atoms with E-state index < -0.39 is 0 Å². The van der Waals surface area contributed by atoms with Crippen LogP contribution in [0, 0.1) is 12.7 Å². The van der Waals surface area contributed by atoms with Gasteiger partial charge in [-0.3, -0.25) is 0 Å². The van der Waals surface area contributed by atoms with Crippen LogP contribution in [0.15, 0.2) is 54.6 Å². The highest BCUT2D eigenvalue weighted by Gasteiger charge is 2.32. The van der Waals surface area contributed by atoms with Crippen LogP contribution in [0.4, 0.5) is 9.18 Å². The fraction of sp³-hybridized carbons (Fsp3) is 0.250. The second-order valence-corrected chi connectivity index (χ2v) is 6.34. The Hall–Kier alpha value is -2.62. The molecule has 1 heterocycles. The van der Waals surface area contributed by atoms with Crippen LogP contribution in [0.2, 0.25) is 0 Å². The molecule has 0 N–H and O–H groups in total. The predicted molar refractivity (Wildman–Crippen MR) is 94.1 cm³/mol. The zero-order valence-corrected chi connectivity index (χ0v) is 14.2. The fourth-order valence-electron chi connectivity index (χ4n) is 3.05. The molecule has 2 aromatic carbocycles. The molecule has 4 heteroatoms. The fourth-order valence-corrected chi connectivity index (χ4v) is 3.05. The molecule has 0 radical (unpaired) electrons. The lowest BCUT2D eigenvalue weighted by Crippen LogP contribution is -2.39. The van der Waals surface area contributed by atoms with E-state index in [0.717, 1.165) is 16.7 Å². The summed E-state index contributed by atoms with van der Waals surface area (Å²) in [7, 11) is 3.46. The molecule has 0 aliphatic carbocycles. The van der Waals surface area contributed by atoms with E-state index in [1.54, 1.807) is 30.0 Å². The van der Waals surface area contributed by atoms with Crippen LogP contribution < -0.4 is 0 Å². The number of amides is 2. The van der Waals surface area contributed by atoms with Crippen molar-refractivity contribution in [2.24, 2.45) is 0 Å². The molecule has 2 aromatic rings. The van der Waals surface area contributed by atoms with Gasteiger partial charge in [-0.15, -0.1) is 0 Å². The van der Waals surface area contributed by atoms with Crippen LogP contribution in [0.25, 0.3) is 5.57 Å². The number of rotatable bonds is 2. The molecule has 24 heavy (non-hydrogen) atoms. The molecule has 0 saturated heterocycles. The molecule has 3 rings (SSSR count). The molecule has 0 fully saturated rings. The molecule has 0 saturated carbocycles. The molecule has 0 bridgehead atoms. The minimum atomic E-state index is -0.252. The van der Waals surface area contributed by atoms with E-state index in [4.69, 9.17) is 0 Å². The van der Waals surface area contributed by atoms with Crippen LogP contribution in [0.5, 0.6) is 0 Å². The minimum absolute atomic E-state index is 0.0804. The minimum Gasteiger partial charge on any atom is -0.331 e. The van der Waals surface area contributed by atoms with Crippen molar-refractivity contribution < 1.29 is 9.18 Å². The summed E-state index contributed by atoms with van der Waals surface area (Å²) in [6.45, 7) is 2.34. The zero-order valence-electron chi connectivity index (χ0n) is 14.2. The molecule has 2 amide bonds. The Labute approximate surface area is 142 Å². The molecule has 1 unspecified atom stereocenters. The number of halogens is 1. The summed E-state index contributed by atoms with van der Waals surface area (Å²) in [4.78, 5) is 15.9. The highest BCUT2D eigenvalue weighted by molar-refractivity contribution is 5.82. The first-order valence-electron chi connectivity index (χ1n) is 7.97. The Morgan fingerprint density at radius 3 is 2.54 bits per heavy atom. The van der Waals surface area contributed by atoms with E-state index in [1.807, 2.05) is 49.4 Å². The normalized spacial score (nSPS) is 16.9. The monoisotopic (exact) mass is 324 g/mol. The summed E-state index contributed by atoms with van der Waals surface area (Å²) >= 11 is 0. The summed E-state index contributed by atoms with van der Waals surface area (Å²) < 4.78 is 14.3. The average molecular weight is 324 g/mol. The molecule has 0 spiro atoms. The lowest BCUT2D eigenvalue weighted by atomic mass is 10.0. The van der Waals surface area contributed by atoms with Gasteiger partial charge in [0.15, 0.2) is 0 Å². The highest BCUT2D eigenvalue weighted by Crippen LogP contribution is 2.36. The van der Waals surface area contributed by atoms with Gasteiger partial charge in [0.2, 0.25) is 0 Å². The molecule has 1 aliphatic heterocycles. The van der Waals surface area contributed by atoms with Crippen LogP contribution in [-0.4, -0.2) is 36.5 Å². The van der Waals surface area contributed by atoms with Crippen LogP contribution in [0.3, 0.4) is 0 Å². The van der Waals surface area contributed by atoms with E-state index in [2.05, 4.69) is 0 Å². The number of benzene rings is 2. The average Bonchev–Trinajstić information content (AvgIpc) is 3.02. The first-order chi connectivity index (χ1) is 11.5. The van der Waals surface area contributed by atoms with Crippen molar-refractivity contribution in [3.63, 3.8) is 0 Å². The summed E-state index contributed by atoms with van der Waals surface area (Å²) in [5.41, 5.74) is 3.45.